The van der Waals surface area contributed by atoms with E-state index in [1.165, 1.54) is 18.0 Å². The fourth-order valence-corrected chi connectivity index (χ4v) is 6.15. The number of cyclic esters (lactones) is 1. The number of aliphatic hydroxyl groups is 1. The number of esters is 1. The smallest absolute Gasteiger partial charge is 0.349 e. The topological polar surface area (TPSA) is 109 Å². The monoisotopic (exact) mass is 574 g/mol. The average molecular weight is 575 g/mol. The predicted octanol–water partition coefficient (Wildman–Crippen LogP) is 7.48. The number of pyridine rings is 1. The molecule has 4 rings (SSSR count). The highest BCUT2D eigenvalue weighted by Crippen LogP contribution is 2.46. The Balaban J connectivity index is 1.61. The van der Waals surface area contributed by atoms with Crippen LogP contribution in [0.15, 0.2) is 76.5 Å². The molecule has 0 saturated heterocycles. The number of thioether (sulfide) groups is 1. The van der Waals surface area contributed by atoms with Crippen molar-refractivity contribution in [2.45, 2.75) is 76.7 Å². The van der Waals surface area contributed by atoms with Crippen molar-refractivity contribution >= 4 is 29.3 Å². The van der Waals surface area contributed by atoms with Gasteiger partial charge in [-0.2, -0.15) is 0 Å². The summed E-state index contributed by atoms with van der Waals surface area (Å²) < 4.78 is 6.13. The maximum atomic E-state index is 13.4. The van der Waals surface area contributed by atoms with Crippen LogP contribution in [-0.2, 0) is 21.4 Å². The SMILES string of the molecule is Cc1cc(SC2=C(O)C[C@](CCc3ccc(O)cc3)(C(C)C)OC2=O)c(C(C)(C)C)cc1NC(=O)c1cccnc1. The maximum Gasteiger partial charge on any atom is 0.349 e. The van der Waals surface area contributed by atoms with Gasteiger partial charge in [-0.3, -0.25) is 9.78 Å². The number of amides is 1. The summed E-state index contributed by atoms with van der Waals surface area (Å²) in [5.41, 5.74) is 2.75. The van der Waals surface area contributed by atoms with Gasteiger partial charge in [0.2, 0.25) is 0 Å². The highest BCUT2D eigenvalue weighted by atomic mass is 32.2. The molecule has 3 N–H and O–H groups in total. The third-order valence-corrected chi connectivity index (χ3v) is 8.72. The van der Waals surface area contributed by atoms with Gasteiger partial charge in [-0.15, -0.1) is 0 Å². The maximum absolute atomic E-state index is 13.4. The first-order valence-corrected chi connectivity index (χ1v) is 14.6. The standard InChI is InChI=1S/C33H38N2O5S/c1-20(2)33(14-13-22-9-11-24(36)12-10-22)18-27(37)29(31(39)40-33)41-28-16-21(3)26(17-25(28)32(4,5)6)35-30(38)23-8-7-15-34-19-23/h7-12,15-17,19-20,36-37H,13-14,18H2,1-6H3,(H,35,38)/t33-/m1/s1. The quantitative estimate of drug-likeness (QED) is 0.239. The van der Waals surface area contributed by atoms with Gasteiger partial charge in [0.15, 0.2) is 0 Å². The summed E-state index contributed by atoms with van der Waals surface area (Å²) in [6, 6.07) is 14.3. The van der Waals surface area contributed by atoms with Crippen LogP contribution in [0.5, 0.6) is 5.75 Å². The number of carbonyl (C=O) groups excluding carboxylic acids is 2. The van der Waals surface area contributed by atoms with Crippen molar-refractivity contribution in [3.63, 3.8) is 0 Å². The number of carbonyl (C=O) groups is 2. The molecule has 1 aliphatic heterocycles. The summed E-state index contributed by atoms with van der Waals surface area (Å²) in [7, 11) is 0. The lowest BCUT2D eigenvalue weighted by Crippen LogP contribution is -2.44. The Morgan fingerprint density at radius 3 is 2.44 bits per heavy atom. The molecule has 3 aromatic rings. The normalized spacial score (nSPS) is 17.5. The number of aromatic hydroxyl groups is 1. The van der Waals surface area contributed by atoms with E-state index in [0.29, 0.717) is 24.1 Å². The lowest BCUT2D eigenvalue weighted by molar-refractivity contribution is -0.164. The van der Waals surface area contributed by atoms with Crippen LogP contribution in [0.1, 0.15) is 74.5 Å². The van der Waals surface area contributed by atoms with E-state index in [9.17, 15) is 19.8 Å². The summed E-state index contributed by atoms with van der Waals surface area (Å²) in [5.74, 6) is -0.587. The molecule has 0 unspecified atom stereocenters. The predicted molar refractivity (Wildman–Crippen MR) is 162 cm³/mol. The van der Waals surface area contributed by atoms with Gasteiger partial charge in [0, 0.05) is 29.4 Å². The Labute approximate surface area is 246 Å². The van der Waals surface area contributed by atoms with Crippen LogP contribution < -0.4 is 5.32 Å². The largest absolute Gasteiger partial charge is 0.511 e. The highest BCUT2D eigenvalue weighted by molar-refractivity contribution is 8.04. The Morgan fingerprint density at radius 2 is 1.85 bits per heavy atom. The van der Waals surface area contributed by atoms with E-state index < -0.39 is 11.6 Å². The van der Waals surface area contributed by atoms with Gasteiger partial charge < -0.3 is 20.3 Å². The first kappa shape index (κ1) is 30.2. The van der Waals surface area contributed by atoms with Crippen LogP contribution in [-0.4, -0.2) is 32.7 Å². The Hall–Kier alpha value is -3.78. The fourth-order valence-electron chi connectivity index (χ4n) is 4.91. The third kappa shape index (κ3) is 6.93. The lowest BCUT2D eigenvalue weighted by Gasteiger charge is -2.40. The minimum Gasteiger partial charge on any atom is -0.511 e. The number of anilines is 1. The van der Waals surface area contributed by atoms with Crippen molar-refractivity contribution in [1.29, 1.82) is 0 Å². The van der Waals surface area contributed by atoms with Crippen LogP contribution >= 0.6 is 11.8 Å². The molecule has 2 aromatic carbocycles. The molecule has 1 aromatic heterocycles. The number of nitrogens with zero attached hydrogens (tertiary/aromatic N) is 1. The summed E-state index contributed by atoms with van der Waals surface area (Å²) in [5, 5.41) is 23.8. The molecule has 1 amide bonds. The van der Waals surface area contributed by atoms with Crippen LogP contribution in [0.4, 0.5) is 5.69 Å². The van der Waals surface area contributed by atoms with Crippen molar-refractivity contribution < 1.29 is 24.5 Å². The van der Waals surface area contributed by atoms with E-state index >= 15 is 0 Å². The molecule has 1 atom stereocenters. The van der Waals surface area contributed by atoms with E-state index in [4.69, 9.17) is 4.74 Å². The van der Waals surface area contributed by atoms with E-state index in [1.54, 1.807) is 30.5 Å². The van der Waals surface area contributed by atoms with Crippen molar-refractivity contribution in [2.24, 2.45) is 5.92 Å². The zero-order valence-electron chi connectivity index (χ0n) is 24.4. The summed E-state index contributed by atoms with van der Waals surface area (Å²) in [6.45, 7) is 12.1. The van der Waals surface area contributed by atoms with Gasteiger partial charge in [0.05, 0.1) is 5.56 Å². The van der Waals surface area contributed by atoms with Crippen molar-refractivity contribution in [3.05, 3.63) is 93.8 Å². The minimum absolute atomic E-state index is 0.0210. The fraction of sp³-hybridized carbons (Fsp3) is 0.364. The molecular formula is C33H38N2O5S. The lowest BCUT2D eigenvalue weighted by atomic mass is 9.80. The van der Waals surface area contributed by atoms with Gasteiger partial charge in [-0.25, -0.2) is 4.79 Å². The Morgan fingerprint density at radius 1 is 1.15 bits per heavy atom. The Kier molecular flexibility index (Phi) is 8.83. The van der Waals surface area contributed by atoms with Gasteiger partial charge in [-0.05, 0) is 84.2 Å². The molecule has 0 bridgehead atoms. The number of aryl methyl sites for hydroxylation is 2. The number of rotatable bonds is 8. The second kappa shape index (κ2) is 12.0. The highest BCUT2D eigenvalue weighted by Gasteiger charge is 2.44. The minimum atomic E-state index is -0.841. The third-order valence-electron chi connectivity index (χ3n) is 7.55. The molecule has 41 heavy (non-hydrogen) atoms. The van der Waals surface area contributed by atoms with Crippen molar-refractivity contribution in [3.8, 4) is 5.75 Å². The van der Waals surface area contributed by atoms with E-state index in [0.717, 1.165) is 21.6 Å². The molecule has 1 aliphatic rings. The summed E-state index contributed by atoms with van der Waals surface area (Å²) in [4.78, 5) is 31.3. The molecule has 0 aliphatic carbocycles. The van der Waals surface area contributed by atoms with Crippen LogP contribution in [0.25, 0.3) is 0 Å². The number of hydrogen-bond acceptors (Lipinski definition) is 7. The van der Waals surface area contributed by atoms with Crippen molar-refractivity contribution in [2.75, 3.05) is 5.32 Å². The van der Waals surface area contributed by atoms with E-state index in [1.807, 2.05) is 45.0 Å². The number of aromatic nitrogens is 1. The van der Waals surface area contributed by atoms with E-state index in [2.05, 4.69) is 31.1 Å². The van der Waals surface area contributed by atoms with Crippen LogP contribution in [0, 0.1) is 12.8 Å². The number of hydrogen-bond donors (Lipinski definition) is 3. The number of phenols is 1. The number of benzene rings is 2. The second-order valence-corrected chi connectivity index (χ2v) is 13.0. The average Bonchev–Trinajstić information content (AvgIpc) is 2.91. The molecule has 0 radical (unpaired) electrons. The molecule has 8 heteroatoms. The number of phenolic OH excluding ortho intramolecular Hbond substituents is 1. The molecule has 0 saturated carbocycles. The first-order chi connectivity index (χ1) is 19.3. The van der Waals surface area contributed by atoms with Gasteiger partial charge in [0.1, 0.15) is 22.0 Å². The molecule has 0 fully saturated rings. The number of ether oxygens (including phenoxy) is 1. The van der Waals surface area contributed by atoms with Crippen LogP contribution in [0.2, 0.25) is 0 Å². The number of aliphatic hydroxyl groups excluding tert-OH is 1. The Bertz CT molecular complexity index is 1460. The molecule has 2 heterocycles. The molecular weight excluding hydrogens is 536 g/mol. The zero-order chi connectivity index (χ0) is 29.9. The van der Waals surface area contributed by atoms with Crippen LogP contribution in [0.3, 0.4) is 0 Å². The van der Waals surface area contributed by atoms with E-state index in [-0.39, 0.29) is 40.1 Å². The zero-order valence-corrected chi connectivity index (χ0v) is 25.3. The van der Waals surface area contributed by atoms with Gasteiger partial charge in [0.25, 0.3) is 5.91 Å². The molecule has 0 spiro atoms. The van der Waals surface area contributed by atoms with Crippen molar-refractivity contribution in [1.82, 2.24) is 4.98 Å². The molecule has 216 valence electrons. The molecule has 7 nitrogen and oxygen atoms in total. The number of nitrogens with one attached hydrogen (secondary N) is 1. The van der Waals surface area contributed by atoms with Gasteiger partial charge >= 0.3 is 5.97 Å². The summed E-state index contributed by atoms with van der Waals surface area (Å²) >= 11 is 1.21. The van der Waals surface area contributed by atoms with Gasteiger partial charge in [-0.1, -0.05) is 58.5 Å². The second-order valence-electron chi connectivity index (χ2n) is 11.9. The first-order valence-electron chi connectivity index (χ1n) is 13.8. The summed E-state index contributed by atoms with van der Waals surface area (Å²) in [6.07, 6.45) is 4.54.